The molecule has 0 radical (unpaired) electrons. The number of piperazine rings is 1. The van der Waals surface area contributed by atoms with Gasteiger partial charge in [-0.3, -0.25) is 9.69 Å². The first-order chi connectivity index (χ1) is 12.1. The number of nitrogens with one attached hydrogen (secondary N) is 1. The summed E-state index contributed by atoms with van der Waals surface area (Å²) in [5.74, 6) is -0.160. The van der Waals surface area contributed by atoms with Crippen LogP contribution in [-0.4, -0.2) is 43.5 Å². The zero-order valence-corrected chi connectivity index (χ0v) is 14.5. The molecular formula is C20H24FN3O. The van der Waals surface area contributed by atoms with Gasteiger partial charge >= 0.3 is 0 Å². The quantitative estimate of drug-likeness (QED) is 0.906. The first kappa shape index (κ1) is 17.4. The van der Waals surface area contributed by atoms with Gasteiger partial charge in [0.05, 0.1) is 0 Å². The molecule has 0 unspecified atom stereocenters. The fraction of sp³-hybridized carbons (Fsp3) is 0.350. The molecule has 1 N–H and O–H groups in total. The fourth-order valence-corrected chi connectivity index (χ4v) is 3.00. The Hall–Kier alpha value is -2.40. The van der Waals surface area contributed by atoms with Gasteiger partial charge in [0.25, 0.3) is 0 Å². The van der Waals surface area contributed by atoms with Crippen molar-refractivity contribution in [2.75, 3.05) is 42.9 Å². The first-order valence-electron chi connectivity index (χ1n) is 8.69. The molecular weight excluding hydrogens is 317 g/mol. The van der Waals surface area contributed by atoms with E-state index in [9.17, 15) is 9.18 Å². The Morgan fingerprint density at radius 1 is 1.00 bits per heavy atom. The predicted octanol–water partition coefficient (Wildman–Crippen LogP) is 3.28. The third-order valence-electron chi connectivity index (χ3n) is 4.55. The van der Waals surface area contributed by atoms with Crippen LogP contribution < -0.4 is 10.2 Å². The molecule has 1 fully saturated rings. The summed E-state index contributed by atoms with van der Waals surface area (Å²) in [6.45, 7) is 6.40. The minimum Gasteiger partial charge on any atom is -0.369 e. The van der Waals surface area contributed by atoms with E-state index in [1.54, 1.807) is 0 Å². The minimum absolute atomic E-state index is 0.0461. The normalized spacial score (nSPS) is 15.2. The summed E-state index contributed by atoms with van der Waals surface area (Å²) in [5.41, 5.74) is 3.08. The van der Waals surface area contributed by atoms with Crippen LogP contribution in [0.2, 0.25) is 0 Å². The van der Waals surface area contributed by atoms with E-state index < -0.39 is 0 Å². The lowest BCUT2D eigenvalue weighted by Crippen LogP contribution is -2.47. The van der Waals surface area contributed by atoms with Gasteiger partial charge in [0, 0.05) is 50.5 Å². The van der Waals surface area contributed by atoms with E-state index >= 15 is 0 Å². The minimum atomic E-state index is -0.207. The van der Waals surface area contributed by atoms with Gasteiger partial charge in [-0.1, -0.05) is 17.7 Å². The van der Waals surface area contributed by atoms with Crippen LogP contribution in [0.3, 0.4) is 0 Å². The van der Waals surface area contributed by atoms with Crippen LogP contribution in [-0.2, 0) is 4.79 Å². The molecule has 1 aliphatic heterocycles. The average molecular weight is 341 g/mol. The van der Waals surface area contributed by atoms with Crippen molar-refractivity contribution >= 4 is 17.3 Å². The van der Waals surface area contributed by atoms with Crippen molar-refractivity contribution in [2.45, 2.75) is 13.3 Å². The molecule has 0 saturated carbocycles. The Balaban J connectivity index is 1.40. The smallest absolute Gasteiger partial charge is 0.225 e. The topological polar surface area (TPSA) is 35.6 Å². The summed E-state index contributed by atoms with van der Waals surface area (Å²) in [6.07, 6.45) is 0.491. The summed E-state index contributed by atoms with van der Waals surface area (Å²) in [6, 6.07) is 14.5. The summed E-state index contributed by atoms with van der Waals surface area (Å²) < 4.78 is 13.0. The van der Waals surface area contributed by atoms with Crippen LogP contribution in [0.5, 0.6) is 0 Å². The van der Waals surface area contributed by atoms with Gasteiger partial charge in [-0.2, -0.15) is 0 Å². The predicted molar refractivity (Wildman–Crippen MR) is 99.5 cm³/mol. The van der Waals surface area contributed by atoms with Crippen LogP contribution >= 0.6 is 0 Å². The molecule has 1 heterocycles. The SMILES string of the molecule is Cc1ccc(NC(=O)CCN2CCN(c3ccc(F)cc3)CC2)cc1. The number of hydrogen-bond donors (Lipinski definition) is 1. The second-order valence-corrected chi connectivity index (χ2v) is 6.47. The number of halogens is 1. The Morgan fingerprint density at radius 3 is 2.28 bits per heavy atom. The number of benzene rings is 2. The zero-order valence-electron chi connectivity index (χ0n) is 14.5. The molecule has 4 nitrogen and oxygen atoms in total. The Bertz CT molecular complexity index is 692. The van der Waals surface area contributed by atoms with E-state index in [0.29, 0.717) is 6.42 Å². The number of carbonyl (C=O) groups excluding carboxylic acids is 1. The number of hydrogen-bond acceptors (Lipinski definition) is 3. The van der Waals surface area contributed by atoms with Crippen LogP contribution in [0.25, 0.3) is 0 Å². The molecule has 0 aliphatic carbocycles. The number of nitrogens with zero attached hydrogens (tertiary/aromatic N) is 2. The Labute approximate surface area is 148 Å². The van der Waals surface area contributed by atoms with Crippen LogP contribution in [0, 0.1) is 12.7 Å². The Morgan fingerprint density at radius 2 is 1.64 bits per heavy atom. The van der Waals surface area contributed by atoms with E-state index in [1.165, 1.54) is 17.7 Å². The molecule has 2 aromatic carbocycles. The van der Waals surface area contributed by atoms with Crippen molar-refractivity contribution in [3.8, 4) is 0 Å². The lowest BCUT2D eigenvalue weighted by Gasteiger charge is -2.36. The van der Waals surface area contributed by atoms with E-state index in [2.05, 4.69) is 15.1 Å². The molecule has 1 saturated heterocycles. The van der Waals surface area contributed by atoms with Gasteiger partial charge in [0.1, 0.15) is 5.82 Å². The second kappa shape index (κ2) is 8.12. The molecule has 3 rings (SSSR count). The molecule has 132 valence electrons. The van der Waals surface area contributed by atoms with E-state index in [-0.39, 0.29) is 11.7 Å². The molecule has 1 aliphatic rings. The maximum Gasteiger partial charge on any atom is 0.225 e. The number of rotatable bonds is 5. The fourth-order valence-electron chi connectivity index (χ4n) is 3.00. The number of carbonyl (C=O) groups is 1. The van der Waals surface area contributed by atoms with E-state index in [4.69, 9.17) is 0 Å². The third-order valence-corrected chi connectivity index (χ3v) is 4.55. The first-order valence-corrected chi connectivity index (χ1v) is 8.69. The maximum atomic E-state index is 13.0. The molecule has 5 heteroatoms. The summed E-state index contributed by atoms with van der Waals surface area (Å²) in [4.78, 5) is 16.6. The molecule has 0 aromatic heterocycles. The van der Waals surface area contributed by atoms with Gasteiger partial charge in [0.2, 0.25) is 5.91 Å². The van der Waals surface area contributed by atoms with Crippen molar-refractivity contribution < 1.29 is 9.18 Å². The van der Waals surface area contributed by atoms with Crippen molar-refractivity contribution in [1.82, 2.24) is 4.90 Å². The summed E-state index contributed by atoms with van der Waals surface area (Å²) in [7, 11) is 0. The highest BCUT2D eigenvalue weighted by molar-refractivity contribution is 5.90. The van der Waals surface area contributed by atoms with Crippen LogP contribution in [0.1, 0.15) is 12.0 Å². The van der Waals surface area contributed by atoms with Crippen molar-refractivity contribution in [1.29, 1.82) is 0 Å². The van der Waals surface area contributed by atoms with Gasteiger partial charge in [-0.15, -0.1) is 0 Å². The van der Waals surface area contributed by atoms with Crippen molar-refractivity contribution in [3.63, 3.8) is 0 Å². The second-order valence-electron chi connectivity index (χ2n) is 6.47. The number of aryl methyl sites for hydroxylation is 1. The van der Waals surface area contributed by atoms with Crippen molar-refractivity contribution in [2.24, 2.45) is 0 Å². The molecule has 0 spiro atoms. The lowest BCUT2D eigenvalue weighted by atomic mass is 10.2. The van der Waals surface area contributed by atoms with Gasteiger partial charge in [0.15, 0.2) is 0 Å². The highest BCUT2D eigenvalue weighted by atomic mass is 19.1. The van der Waals surface area contributed by atoms with E-state index in [0.717, 1.165) is 44.1 Å². The highest BCUT2D eigenvalue weighted by Gasteiger charge is 2.17. The number of amides is 1. The van der Waals surface area contributed by atoms with E-state index in [1.807, 2.05) is 43.3 Å². The van der Waals surface area contributed by atoms with Gasteiger partial charge in [-0.25, -0.2) is 4.39 Å². The highest BCUT2D eigenvalue weighted by Crippen LogP contribution is 2.17. The summed E-state index contributed by atoms with van der Waals surface area (Å²) in [5, 5.41) is 2.94. The Kier molecular flexibility index (Phi) is 5.66. The summed E-state index contributed by atoms with van der Waals surface area (Å²) >= 11 is 0. The maximum absolute atomic E-state index is 13.0. The molecule has 0 bridgehead atoms. The monoisotopic (exact) mass is 341 g/mol. The van der Waals surface area contributed by atoms with Crippen LogP contribution in [0.4, 0.5) is 15.8 Å². The number of anilines is 2. The molecule has 2 aromatic rings. The molecule has 1 amide bonds. The van der Waals surface area contributed by atoms with Crippen molar-refractivity contribution in [3.05, 3.63) is 59.9 Å². The zero-order chi connectivity index (χ0) is 17.6. The van der Waals surface area contributed by atoms with Gasteiger partial charge in [-0.05, 0) is 43.3 Å². The standard InChI is InChI=1S/C20H24FN3O/c1-16-2-6-18(7-3-16)22-20(25)10-11-23-12-14-24(15-13-23)19-8-4-17(21)5-9-19/h2-9H,10-15H2,1H3,(H,22,25). The van der Waals surface area contributed by atoms with Crippen LogP contribution in [0.15, 0.2) is 48.5 Å². The largest absolute Gasteiger partial charge is 0.369 e. The molecule has 0 atom stereocenters. The molecule has 25 heavy (non-hydrogen) atoms. The third kappa shape index (κ3) is 5.03. The lowest BCUT2D eigenvalue weighted by molar-refractivity contribution is -0.116. The average Bonchev–Trinajstić information content (AvgIpc) is 2.63. The van der Waals surface area contributed by atoms with Gasteiger partial charge < -0.3 is 10.2 Å².